The fourth-order valence-electron chi connectivity index (χ4n) is 5.00. The Morgan fingerprint density at radius 2 is 1.80 bits per heavy atom. The number of imidazole rings is 1. The monoisotopic (exact) mass is 481 g/mol. The molecule has 35 heavy (non-hydrogen) atoms. The van der Waals surface area contributed by atoms with Crippen molar-refractivity contribution in [1.29, 1.82) is 0 Å². The Labute approximate surface area is 204 Å². The van der Waals surface area contributed by atoms with E-state index >= 15 is 0 Å². The summed E-state index contributed by atoms with van der Waals surface area (Å²) in [6.07, 6.45) is 6.80. The summed E-state index contributed by atoms with van der Waals surface area (Å²) in [4.78, 5) is 20.0. The van der Waals surface area contributed by atoms with Gasteiger partial charge in [-0.05, 0) is 45.7 Å². The minimum atomic E-state index is -0.480. The maximum Gasteiger partial charge on any atom is 0.228 e. The molecule has 1 N–H and O–H groups in total. The Bertz CT molecular complexity index is 1140. The normalized spacial score (nSPS) is 21.8. The standard InChI is InChI=1S/C25H32FN7O2/c1-16-13-32(14-17(2)35-16)15-20-5-4-19(10-28-20)30-25-29-11-22(26)24(31-25)23-12-27-18(3)33(23)21-6-8-34-9-7-21/h4-5,10-12,16-17,21H,6-9,13-15H2,1-3H3,(H,29,30,31). The molecule has 5 heterocycles. The highest BCUT2D eigenvalue weighted by Crippen LogP contribution is 2.31. The highest BCUT2D eigenvalue weighted by atomic mass is 19.1. The molecule has 0 aromatic carbocycles. The molecular formula is C25H32FN7O2. The summed E-state index contributed by atoms with van der Waals surface area (Å²) in [6, 6.07) is 4.14. The Balaban J connectivity index is 1.31. The number of hydrogen-bond acceptors (Lipinski definition) is 8. The average Bonchev–Trinajstić information content (AvgIpc) is 3.22. The molecule has 3 aromatic rings. The van der Waals surface area contributed by atoms with Crippen LogP contribution >= 0.6 is 0 Å². The average molecular weight is 482 g/mol. The lowest BCUT2D eigenvalue weighted by atomic mass is 10.1. The van der Waals surface area contributed by atoms with E-state index in [2.05, 4.69) is 48.6 Å². The van der Waals surface area contributed by atoms with Gasteiger partial charge in [-0.15, -0.1) is 0 Å². The molecule has 186 valence electrons. The molecule has 2 saturated heterocycles. The number of nitrogens with one attached hydrogen (secondary N) is 1. The Kier molecular flexibility index (Phi) is 7.03. The van der Waals surface area contributed by atoms with Gasteiger partial charge in [0.05, 0.1) is 47.9 Å². The molecule has 2 aliphatic rings. The molecule has 0 spiro atoms. The fraction of sp³-hybridized carbons (Fsp3) is 0.520. The number of aryl methyl sites for hydroxylation is 1. The number of halogens is 1. The molecule has 10 heteroatoms. The maximum absolute atomic E-state index is 14.8. The Hall–Kier alpha value is -2.95. The van der Waals surface area contributed by atoms with Gasteiger partial charge in [-0.1, -0.05) is 0 Å². The van der Waals surface area contributed by atoms with Crippen LogP contribution in [0.3, 0.4) is 0 Å². The SMILES string of the molecule is Cc1ncc(-c2nc(Nc3ccc(CN4CC(C)OC(C)C4)nc3)ncc2F)n1C1CCOCC1. The molecule has 0 saturated carbocycles. The van der Waals surface area contributed by atoms with Crippen LogP contribution < -0.4 is 5.32 Å². The molecule has 2 atom stereocenters. The van der Waals surface area contributed by atoms with Crippen molar-refractivity contribution in [3.8, 4) is 11.4 Å². The number of aromatic nitrogens is 5. The number of hydrogen-bond donors (Lipinski definition) is 1. The third-order valence-electron chi connectivity index (χ3n) is 6.49. The van der Waals surface area contributed by atoms with Crippen LogP contribution in [-0.2, 0) is 16.0 Å². The zero-order valence-electron chi connectivity index (χ0n) is 20.4. The molecule has 3 aromatic heterocycles. The second-order valence-electron chi connectivity index (χ2n) is 9.41. The van der Waals surface area contributed by atoms with Crippen molar-refractivity contribution in [1.82, 2.24) is 29.4 Å². The van der Waals surface area contributed by atoms with E-state index in [-0.39, 0.29) is 23.9 Å². The van der Waals surface area contributed by atoms with Gasteiger partial charge in [0.25, 0.3) is 0 Å². The molecule has 2 aliphatic heterocycles. The first kappa shape index (κ1) is 23.8. The first-order valence-corrected chi connectivity index (χ1v) is 12.2. The van der Waals surface area contributed by atoms with Gasteiger partial charge in [-0.2, -0.15) is 0 Å². The number of pyridine rings is 1. The van der Waals surface area contributed by atoms with Crippen LogP contribution in [0.4, 0.5) is 16.0 Å². The van der Waals surface area contributed by atoms with Gasteiger partial charge in [0.2, 0.25) is 5.95 Å². The lowest BCUT2D eigenvalue weighted by Crippen LogP contribution is -2.44. The summed E-state index contributed by atoms with van der Waals surface area (Å²) in [5.74, 6) is 0.665. The van der Waals surface area contributed by atoms with Crippen LogP contribution in [0.15, 0.2) is 30.7 Å². The van der Waals surface area contributed by atoms with Crippen LogP contribution in [0.2, 0.25) is 0 Å². The van der Waals surface area contributed by atoms with E-state index in [9.17, 15) is 4.39 Å². The van der Waals surface area contributed by atoms with E-state index in [0.717, 1.165) is 49.7 Å². The van der Waals surface area contributed by atoms with Crippen molar-refractivity contribution in [2.75, 3.05) is 31.6 Å². The van der Waals surface area contributed by atoms with Crippen molar-refractivity contribution in [2.45, 2.75) is 58.4 Å². The van der Waals surface area contributed by atoms with Crippen LogP contribution in [0, 0.1) is 12.7 Å². The van der Waals surface area contributed by atoms with Crippen LogP contribution in [-0.4, -0.2) is 67.9 Å². The van der Waals surface area contributed by atoms with E-state index < -0.39 is 5.82 Å². The summed E-state index contributed by atoms with van der Waals surface area (Å²) in [7, 11) is 0. The highest BCUT2D eigenvalue weighted by molar-refractivity contribution is 5.59. The number of rotatable bonds is 6. The second kappa shape index (κ2) is 10.3. The number of nitrogens with zero attached hydrogens (tertiary/aromatic N) is 6. The fourth-order valence-corrected chi connectivity index (χ4v) is 5.00. The first-order chi connectivity index (χ1) is 17.0. The summed E-state index contributed by atoms with van der Waals surface area (Å²) < 4.78 is 28.2. The maximum atomic E-state index is 14.8. The van der Waals surface area contributed by atoms with Gasteiger partial charge >= 0.3 is 0 Å². The van der Waals surface area contributed by atoms with Gasteiger partial charge in [-0.3, -0.25) is 9.88 Å². The molecule has 0 aliphatic carbocycles. The molecule has 0 bridgehead atoms. The predicted molar refractivity (Wildman–Crippen MR) is 130 cm³/mol. The Morgan fingerprint density at radius 3 is 2.51 bits per heavy atom. The number of ether oxygens (including phenoxy) is 2. The Morgan fingerprint density at radius 1 is 1.03 bits per heavy atom. The van der Waals surface area contributed by atoms with Gasteiger partial charge in [0.15, 0.2) is 5.82 Å². The molecule has 5 rings (SSSR count). The molecular weight excluding hydrogens is 449 g/mol. The first-order valence-electron chi connectivity index (χ1n) is 12.2. The van der Waals surface area contributed by atoms with Gasteiger partial charge in [0.1, 0.15) is 11.5 Å². The zero-order valence-corrected chi connectivity index (χ0v) is 20.4. The minimum absolute atomic E-state index is 0.209. The second-order valence-corrected chi connectivity index (χ2v) is 9.41. The highest BCUT2D eigenvalue weighted by Gasteiger charge is 2.24. The zero-order chi connectivity index (χ0) is 24.4. The van der Waals surface area contributed by atoms with Crippen LogP contribution in [0.1, 0.15) is 44.2 Å². The summed E-state index contributed by atoms with van der Waals surface area (Å²) in [6.45, 7) is 10.1. The molecule has 0 amide bonds. The van der Waals surface area contributed by atoms with Crippen molar-refractivity contribution in [3.63, 3.8) is 0 Å². The summed E-state index contributed by atoms with van der Waals surface area (Å²) in [5.41, 5.74) is 2.60. The topological polar surface area (TPSA) is 90.2 Å². The number of anilines is 2. The molecule has 9 nitrogen and oxygen atoms in total. The third-order valence-corrected chi connectivity index (χ3v) is 6.49. The van der Waals surface area contributed by atoms with Crippen molar-refractivity contribution >= 4 is 11.6 Å². The van der Waals surface area contributed by atoms with E-state index in [0.29, 0.717) is 24.9 Å². The van der Waals surface area contributed by atoms with Gasteiger partial charge < -0.3 is 19.4 Å². The van der Waals surface area contributed by atoms with Gasteiger partial charge in [0, 0.05) is 38.9 Å². The quantitative estimate of drug-likeness (QED) is 0.567. The summed E-state index contributed by atoms with van der Waals surface area (Å²) in [5, 5.41) is 3.16. The summed E-state index contributed by atoms with van der Waals surface area (Å²) >= 11 is 0. The van der Waals surface area contributed by atoms with E-state index in [4.69, 9.17) is 9.47 Å². The van der Waals surface area contributed by atoms with Gasteiger partial charge in [-0.25, -0.2) is 19.3 Å². The molecule has 2 unspecified atom stereocenters. The van der Waals surface area contributed by atoms with E-state index in [1.165, 1.54) is 6.20 Å². The lowest BCUT2D eigenvalue weighted by Gasteiger charge is -2.35. The number of morpholine rings is 1. The van der Waals surface area contributed by atoms with Crippen LogP contribution in [0.5, 0.6) is 0 Å². The predicted octanol–water partition coefficient (Wildman–Crippen LogP) is 3.89. The lowest BCUT2D eigenvalue weighted by molar-refractivity contribution is -0.0707. The van der Waals surface area contributed by atoms with Crippen molar-refractivity contribution < 1.29 is 13.9 Å². The minimum Gasteiger partial charge on any atom is -0.381 e. The van der Waals surface area contributed by atoms with Crippen molar-refractivity contribution in [2.24, 2.45) is 0 Å². The largest absolute Gasteiger partial charge is 0.381 e. The molecule has 2 fully saturated rings. The van der Waals surface area contributed by atoms with Crippen molar-refractivity contribution in [3.05, 3.63) is 48.1 Å². The van der Waals surface area contributed by atoms with E-state index in [1.54, 1.807) is 12.4 Å². The third kappa shape index (κ3) is 5.50. The smallest absolute Gasteiger partial charge is 0.228 e. The molecule has 0 radical (unpaired) electrons. The van der Waals surface area contributed by atoms with Crippen LogP contribution in [0.25, 0.3) is 11.4 Å². The van der Waals surface area contributed by atoms with E-state index in [1.807, 2.05) is 19.1 Å².